The quantitative estimate of drug-likeness (QED) is 0.738. The molecule has 2 atom stereocenters. The first kappa shape index (κ1) is 17.7. The number of rotatable bonds is 6. The number of hydrogen-bond donors (Lipinski definition) is 3. The van der Waals surface area contributed by atoms with Crippen molar-refractivity contribution in [2.24, 2.45) is 5.92 Å². The number of nitrogens with one attached hydrogen (secondary N) is 2. The van der Waals surface area contributed by atoms with E-state index in [4.69, 9.17) is 11.6 Å². The van der Waals surface area contributed by atoms with Gasteiger partial charge in [0.25, 0.3) is 5.91 Å². The molecule has 0 aromatic heterocycles. The number of carbonyl (C=O) groups is 2. The first-order chi connectivity index (χ1) is 11.0. The molecule has 0 radical (unpaired) electrons. The van der Waals surface area contributed by atoms with Crippen molar-refractivity contribution < 1.29 is 19.1 Å². The normalized spacial score (nSPS) is 20.3. The Labute approximate surface area is 139 Å². The highest BCUT2D eigenvalue weighted by Gasteiger charge is 2.25. The molecule has 2 rings (SSSR count). The summed E-state index contributed by atoms with van der Waals surface area (Å²) in [5.74, 6) is -1.03. The van der Waals surface area contributed by atoms with E-state index in [-0.39, 0.29) is 41.5 Å². The zero-order valence-electron chi connectivity index (χ0n) is 12.6. The van der Waals surface area contributed by atoms with Gasteiger partial charge >= 0.3 is 0 Å². The minimum absolute atomic E-state index is 0.0298. The van der Waals surface area contributed by atoms with E-state index in [0.29, 0.717) is 6.54 Å². The summed E-state index contributed by atoms with van der Waals surface area (Å²) in [6, 6.07) is 3.52. The van der Waals surface area contributed by atoms with Crippen LogP contribution in [-0.2, 0) is 4.79 Å². The van der Waals surface area contributed by atoms with E-state index in [9.17, 15) is 19.1 Å². The molecule has 1 aromatic rings. The van der Waals surface area contributed by atoms with Gasteiger partial charge in [-0.15, -0.1) is 0 Å². The standard InChI is InChI=1S/C16H20ClFN2O3/c17-13-8-11(18)4-5-12(13)16(23)19-7-6-15(22)20-9-10-2-1-3-14(10)21/h4-5,8,10,14,21H,1-3,6-7,9H2,(H,19,23)(H,20,22). The fourth-order valence-corrected chi connectivity index (χ4v) is 2.90. The average Bonchev–Trinajstić information content (AvgIpc) is 2.90. The third-order valence-electron chi connectivity index (χ3n) is 3.99. The highest BCUT2D eigenvalue weighted by molar-refractivity contribution is 6.33. The molecule has 3 N–H and O–H groups in total. The van der Waals surface area contributed by atoms with Crippen LogP contribution in [0.25, 0.3) is 0 Å². The van der Waals surface area contributed by atoms with Crippen LogP contribution in [0.15, 0.2) is 18.2 Å². The Balaban J connectivity index is 1.69. The van der Waals surface area contributed by atoms with Gasteiger partial charge in [0.2, 0.25) is 5.91 Å². The molecule has 126 valence electrons. The molecule has 1 aliphatic carbocycles. The molecule has 1 saturated carbocycles. The second-order valence-electron chi connectivity index (χ2n) is 5.69. The molecular formula is C16H20ClFN2O3. The lowest BCUT2D eigenvalue weighted by Gasteiger charge is -2.15. The first-order valence-electron chi connectivity index (χ1n) is 7.65. The molecule has 1 fully saturated rings. The van der Waals surface area contributed by atoms with Crippen molar-refractivity contribution in [2.75, 3.05) is 13.1 Å². The second-order valence-corrected chi connectivity index (χ2v) is 6.10. The van der Waals surface area contributed by atoms with E-state index in [1.165, 1.54) is 6.07 Å². The van der Waals surface area contributed by atoms with Gasteiger partial charge in [0, 0.05) is 25.4 Å². The SMILES string of the molecule is O=C(CCNC(=O)c1ccc(F)cc1Cl)NCC1CCCC1O. The molecule has 0 saturated heterocycles. The number of amides is 2. The third-order valence-corrected chi connectivity index (χ3v) is 4.31. The monoisotopic (exact) mass is 342 g/mol. The van der Waals surface area contributed by atoms with Gasteiger partial charge in [0.15, 0.2) is 0 Å². The molecule has 5 nitrogen and oxygen atoms in total. The summed E-state index contributed by atoms with van der Waals surface area (Å²) >= 11 is 5.80. The van der Waals surface area contributed by atoms with Gasteiger partial charge in [-0.25, -0.2) is 4.39 Å². The van der Waals surface area contributed by atoms with Gasteiger partial charge < -0.3 is 15.7 Å². The van der Waals surface area contributed by atoms with E-state index in [1.54, 1.807) is 0 Å². The maximum Gasteiger partial charge on any atom is 0.252 e. The lowest BCUT2D eigenvalue weighted by Crippen LogP contribution is -2.35. The zero-order chi connectivity index (χ0) is 16.8. The van der Waals surface area contributed by atoms with Gasteiger partial charge in [-0.2, -0.15) is 0 Å². The minimum atomic E-state index is -0.514. The van der Waals surface area contributed by atoms with Crippen molar-refractivity contribution in [3.8, 4) is 0 Å². The smallest absolute Gasteiger partial charge is 0.252 e. The van der Waals surface area contributed by atoms with Crippen LogP contribution in [0, 0.1) is 11.7 Å². The summed E-state index contributed by atoms with van der Waals surface area (Å²) in [6.45, 7) is 0.614. The van der Waals surface area contributed by atoms with Crippen molar-refractivity contribution in [2.45, 2.75) is 31.8 Å². The van der Waals surface area contributed by atoms with Gasteiger partial charge in [-0.05, 0) is 31.0 Å². The number of aliphatic hydroxyl groups is 1. The predicted octanol–water partition coefficient (Wildman–Crippen LogP) is 1.88. The predicted molar refractivity (Wildman–Crippen MR) is 84.7 cm³/mol. The van der Waals surface area contributed by atoms with Crippen molar-refractivity contribution in [3.05, 3.63) is 34.6 Å². The molecule has 0 aliphatic heterocycles. The van der Waals surface area contributed by atoms with E-state index < -0.39 is 11.7 Å². The molecule has 23 heavy (non-hydrogen) atoms. The van der Waals surface area contributed by atoms with Crippen molar-refractivity contribution in [1.82, 2.24) is 10.6 Å². The molecule has 1 aliphatic rings. The number of aliphatic hydroxyl groups excluding tert-OH is 1. The summed E-state index contributed by atoms with van der Waals surface area (Å²) in [5.41, 5.74) is 0.169. The Hall–Kier alpha value is -1.66. The minimum Gasteiger partial charge on any atom is -0.393 e. The number of hydrogen-bond acceptors (Lipinski definition) is 3. The molecule has 1 aromatic carbocycles. The first-order valence-corrected chi connectivity index (χ1v) is 8.03. The molecular weight excluding hydrogens is 323 g/mol. The zero-order valence-corrected chi connectivity index (χ0v) is 13.4. The topological polar surface area (TPSA) is 78.4 Å². The highest BCUT2D eigenvalue weighted by atomic mass is 35.5. The summed E-state index contributed by atoms with van der Waals surface area (Å²) < 4.78 is 12.9. The van der Waals surface area contributed by atoms with E-state index in [1.807, 2.05) is 0 Å². The maximum absolute atomic E-state index is 12.9. The maximum atomic E-state index is 12.9. The lowest BCUT2D eigenvalue weighted by molar-refractivity contribution is -0.121. The molecule has 2 amide bonds. The molecule has 0 heterocycles. The molecule has 0 spiro atoms. The van der Waals surface area contributed by atoms with Crippen LogP contribution in [0.2, 0.25) is 5.02 Å². The fraction of sp³-hybridized carbons (Fsp3) is 0.500. The Morgan fingerprint density at radius 1 is 1.30 bits per heavy atom. The second kappa shape index (κ2) is 8.26. The van der Waals surface area contributed by atoms with Gasteiger partial charge in [0.1, 0.15) is 5.82 Å². The van der Waals surface area contributed by atoms with Crippen LogP contribution in [0.5, 0.6) is 0 Å². The molecule has 2 unspecified atom stereocenters. The number of halogens is 2. The van der Waals surface area contributed by atoms with Gasteiger partial charge in [-0.1, -0.05) is 18.0 Å². The molecule has 0 bridgehead atoms. The van der Waals surface area contributed by atoms with E-state index in [0.717, 1.165) is 31.4 Å². The van der Waals surface area contributed by atoms with E-state index in [2.05, 4.69) is 10.6 Å². The summed E-state index contributed by atoms with van der Waals surface area (Å²) in [4.78, 5) is 23.6. The average molecular weight is 343 g/mol. The van der Waals surface area contributed by atoms with Gasteiger partial charge in [0.05, 0.1) is 16.7 Å². The van der Waals surface area contributed by atoms with Crippen molar-refractivity contribution in [3.63, 3.8) is 0 Å². The number of carbonyl (C=O) groups excluding carboxylic acids is 2. The Kier molecular flexibility index (Phi) is 6.36. The van der Waals surface area contributed by atoms with Gasteiger partial charge in [-0.3, -0.25) is 9.59 Å². The fourth-order valence-electron chi connectivity index (χ4n) is 2.65. The van der Waals surface area contributed by atoms with E-state index >= 15 is 0 Å². The highest BCUT2D eigenvalue weighted by Crippen LogP contribution is 2.24. The van der Waals surface area contributed by atoms with Crippen LogP contribution < -0.4 is 10.6 Å². The Bertz CT molecular complexity index is 582. The van der Waals surface area contributed by atoms with Crippen molar-refractivity contribution in [1.29, 1.82) is 0 Å². The Morgan fingerprint density at radius 3 is 2.74 bits per heavy atom. The summed E-state index contributed by atoms with van der Waals surface area (Å²) in [7, 11) is 0. The van der Waals surface area contributed by atoms with Crippen LogP contribution in [0.1, 0.15) is 36.0 Å². The summed E-state index contributed by atoms with van der Waals surface area (Å²) in [6.07, 6.45) is 2.48. The van der Waals surface area contributed by atoms with Crippen LogP contribution in [0.3, 0.4) is 0 Å². The largest absolute Gasteiger partial charge is 0.393 e. The lowest BCUT2D eigenvalue weighted by atomic mass is 10.1. The van der Waals surface area contributed by atoms with Crippen LogP contribution in [0.4, 0.5) is 4.39 Å². The Morgan fingerprint density at radius 2 is 2.09 bits per heavy atom. The summed E-state index contributed by atoms with van der Waals surface area (Å²) in [5, 5.41) is 15.0. The van der Waals surface area contributed by atoms with Crippen LogP contribution >= 0.6 is 11.6 Å². The third kappa shape index (κ3) is 5.18. The van der Waals surface area contributed by atoms with Crippen molar-refractivity contribution >= 4 is 23.4 Å². The molecule has 7 heteroatoms. The number of benzene rings is 1. The van der Waals surface area contributed by atoms with Crippen LogP contribution in [-0.4, -0.2) is 36.1 Å².